The van der Waals surface area contributed by atoms with Gasteiger partial charge in [0.1, 0.15) is 23.5 Å². The minimum atomic E-state index is -3.66. The van der Waals surface area contributed by atoms with Gasteiger partial charge in [-0.1, -0.05) is 20.8 Å². The smallest absolute Gasteiger partial charge is 0.240 e. The Morgan fingerprint density at radius 2 is 1.92 bits per heavy atom. The van der Waals surface area contributed by atoms with Gasteiger partial charge in [-0.05, 0) is 18.7 Å². The van der Waals surface area contributed by atoms with Gasteiger partial charge in [0.2, 0.25) is 21.8 Å². The zero-order chi connectivity index (χ0) is 28.1. The number of pyridine rings is 2. The number of benzene rings is 1. The molecule has 0 bridgehead atoms. The van der Waals surface area contributed by atoms with Crippen LogP contribution < -0.4 is 19.7 Å². The van der Waals surface area contributed by atoms with E-state index in [9.17, 15) is 13.2 Å². The monoisotopic (exact) mass is 556 g/mol. The first-order valence-electron chi connectivity index (χ1n) is 12.9. The number of hydrogen-bond donors (Lipinski definition) is 2. The van der Waals surface area contributed by atoms with Gasteiger partial charge in [-0.15, -0.1) is 0 Å². The van der Waals surface area contributed by atoms with E-state index in [0.29, 0.717) is 36.1 Å². The van der Waals surface area contributed by atoms with Crippen molar-refractivity contribution in [2.24, 2.45) is 0 Å². The molecule has 0 saturated carbocycles. The SMILES string of the molecule is CCN1CC2(C1)C(=O)N(C)c1cnc3cc(F)c(-c4cnc(OCCNC(C)C)c(NS(C)(=O)=O)c4)cc3c12. The highest BCUT2D eigenvalue weighted by Crippen LogP contribution is 2.50. The average molecular weight is 557 g/mol. The van der Waals surface area contributed by atoms with E-state index in [1.807, 2.05) is 13.8 Å². The van der Waals surface area contributed by atoms with Crippen LogP contribution in [-0.2, 0) is 20.2 Å². The maximum Gasteiger partial charge on any atom is 0.240 e. The summed E-state index contributed by atoms with van der Waals surface area (Å²) in [6, 6.07) is 4.82. The summed E-state index contributed by atoms with van der Waals surface area (Å²) in [4.78, 5) is 26.0. The molecule has 0 radical (unpaired) electrons. The average Bonchev–Trinajstić information content (AvgIpc) is 3.07. The second-order valence-corrected chi connectivity index (χ2v) is 12.3. The number of sulfonamides is 1. The molecule has 0 unspecified atom stereocenters. The molecule has 2 aromatic heterocycles. The number of likely N-dealkylation sites (N-methyl/N-ethyl adjacent to an activating group) is 2. The van der Waals surface area contributed by atoms with Gasteiger partial charge in [-0.2, -0.15) is 0 Å². The Bertz CT molecular complexity index is 1560. The molecular formula is C27H33FN6O4S. The van der Waals surface area contributed by atoms with Gasteiger partial charge < -0.3 is 19.9 Å². The van der Waals surface area contributed by atoms with Crippen LogP contribution in [0, 0.1) is 5.82 Å². The number of nitrogens with one attached hydrogen (secondary N) is 2. The largest absolute Gasteiger partial charge is 0.475 e. The number of fused-ring (bicyclic) bond motifs is 4. The molecular weight excluding hydrogens is 523 g/mol. The van der Waals surface area contributed by atoms with Gasteiger partial charge in [0.05, 0.1) is 23.7 Å². The molecule has 4 heterocycles. The van der Waals surface area contributed by atoms with E-state index in [1.165, 1.54) is 18.3 Å². The number of carbonyl (C=O) groups excluding carboxylic acids is 1. The van der Waals surface area contributed by atoms with Gasteiger partial charge in [-0.25, -0.2) is 17.8 Å². The molecule has 10 nitrogen and oxygen atoms in total. The maximum absolute atomic E-state index is 15.5. The lowest BCUT2D eigenvalue weighted by Crippen LogP contribution is -2.63. The highest BCUT2D eigenvalue weighted by atomic mass is 32.2. The summed E-state index contributed by atoms with van der Waals surface area (Å²) >= 11 is 0. The number of halogens is 1. The Morgan fingerprint density at radius 1 is 1.18 bits per heavy atom. The van der Waals surface area contributed by atoms with Gasteiger partial charge in [0.15, 0.2) is 0 Å². The van der Waals surface area contributed by atoms with E-state index < -0.39 is 21.3 Å². The predicted octanol–water partition coefficient (Wildman–Crippen LogP) is 2.73. The Morgan fingerprint density at radius 3 is 2.59 bits per heavy atom. The molecule has 0 aliphatic carbocycles. The van der Waals surface area contributed by atoms with E-state index in [0.717, 1.165) is 24.1 Å². The van der Waals surface area contributed by atoms with Crippen molar-refractivity contribution in [3.05, 3.63) is 42.0 Å². The van der Waals surface area contributed by atoms with E-state index in [4.69, 9.17) is 4.74 Å². The number of amides is 1. The van der Waals surface area contributed by atoms with Crippen LogP contribution >= 0.6 is 0 Å². The first kappa shape index (κ1) is 27.2. The molecule has 1 spiro atoms. The third kappa shape index (κ3) is 4.92. The molecule has 0 atom stereocenters. The summed E-state index contributed by atoms with van der Waals surface area (Å²) in [5.74, 6) is -0.427. The molecule has 39 heavy (non-hydrogen) atoms. The van der Waals surface area contributed by atoms with Crippen molar-refractivity contribution in [1.29, 1.82) is 0 Å². The fourth-order valence-electron chi connectivity index (χ4n) is 5.44. The Labute approximate surface area is 227 Å². The van der Waals surface area contributed by atoms with Crippen LogP contribution in [0.2, 0.25) is 0 Å². The molecule has 3 aromatic rings. The second kappa shape index (κ2) is 10.00. The van der Waals surface area contributed by atoms with Crippen LogP contribution in [-0.4, -0.2) is 81.3 Å². The van der Waals surface area contributed by atoms with Gasteiger partial charge in [0.25, 0.3) is 0 Å². The number of carbonyl (C=O) groups is 1. The molecule has 2 N–H and O–H groups in total. The summed E-state index contributed by atoms with van der Waals surface area (Å²) < 4.78 is 47.8. The highest BCUT2D eigenvalue weighted by molar-refractivity contribution is 7.92. The van der Waals surface area contributed by atoms with Gasteiger partial charge in [-0.3, -0.25) is 14.5 Å². The standard InChI is InChI=1S/C27H33FN6O4S/c1-6-34-14-27(15-34)24-19-10-18(20(28)11-21(19)30-13-23(24)33(4)26(27)35)17-9-22(32-39(5,36)37)25(31-12-17)38-8-7-29-16(2)3/h9-13,16,29,32H,6-8,14-15H2,1-5H3. The Kier molecular flexibility index (Phi) is 6.98. The van der Waals surface area contributed by atoms with Crippen LogP contribution in [0.4, 0.5) is 15.8 Å². The third-order valence-corrected chi connectivity index (χ3v) is 7.87. The molecule has 5 rings (SSSR count). The fraction of sp³-hybridized carbons (Fsp3) is 0.444. The molecule has 1 saturated heterocycles. The van der Waals surface area contributed by atoms with Crippen LogP contribution in [0.5, 0.6) is 5.88 Å². The van der Waals surface area contributed by atoms with E-state index >= 15 is 4.39 Å². The molecule has 208 valence electrons. The number of aromatic nitrogens is 2. The topological polar surface area (TPSA) is 117 Å². The highest BCUT2D eigenvalue weighted by Gasteiger charge is 2.57. The Balaban J connectivity index is 1.59. The van der Waals surface area contributed by atoms with E-state index in [1.54, 1.807) is 24.2 Å². The number of anilines is 2. The van der Waals surface area contributed by atoms with Crippen molar-refractivity contribution < 1.29 is 22.3 Å². The zero-order valence-corrected chi connectivity index (χ0v) is 23.5. The molecule has 2 aliphatic heterocycles. The van der Waals surface area contributed by atoms with Crippen LogP contribution in [0.1, 0.15) is 26.3 Å². The summed E-state index contributed by atoms with van der Waals surface area (Å²) in [6.45, 7) is 8.89. The second-order valence-electron chi connectivity index (χ2n) is 10.5. The Hall–Kier alpha value is -3.35. The van der Waals surface area contributed by atoms with Crippen LogP contribution in [0.15, 0.2) is 30.6 Å². The number of hydrogen-bond acceptors (Lipinski definition) is 8. The maximum atomic E-state index is 15.5. The number of rotatable bonds is 9. The van der Waals surface area contributed by atoms with Crippen molar-refractivity contribution in [2.45, 2.75) is 32.2 Å². The van der Waals surface area contributed by atoms with Gasteiger partial charge in [0, 0.05) is 67.1 Å². The lowest BCUT2D eigenvalue weighted by atomic mass is 9.73. The third-order valence-electron chi connectivity index (χ3n) is 7.28. The zero-order valence-electron chi connectivity index (χ0n) is 22.7. The van der Waals surface area contributed by atoms with Crippen molar-refractivity contribution in [2.75, 3.05) is 55.7 Å². The summed E-state index contributed by atoms with van der Waals surface area (Å²) in [5, 5.41) is 3.91. The summed E-state index contributed by atoms with van der Waals surface area (Å²) in [5.41, 5.74) is 2.02. The first-order valence-corrected chi connectivity index (χ1v) is 14.8. The molecule has 1 aromatic carbocycles. The van der Waals surface area contributed by atoms with E-state index in [2.05, 4.69) is 31.8 Å². The lowest BCUT2D eigenvalue weighted by Gasteiger charge is -2.46. The van der Waals surface area contributed by atoms with Crippen molar-refractivity contribution in [3.8, 4) is 17.0 Å². The molecule has 2 aliphatic rings. The fourth-order valence-corrected chi connectivity index (χ4v) is 5.98. The van der Waals surface area contributed by atoms with Crippen molar-refractivity contribution in [1.82, 2.24) is 20.2 Å². The first-order chi connectivity index (χ1) is 18.4. The number of ether oxygens (including phenoxy) is 1. The predicted molar refractivity (Wildman–Crippen MR) is 149 cm³/mol. The van der Waals surface area contributed by atoms with Crippen molar-refractivity contribution in [3.63, 3.8) is 0 Å². The quantitative estimate of drug-likeness (QED) is 0.387. The molecule has 1 amide bonds. The molecule has 1 fully saturated rings. The van der Waals surface area contributed by atoms with Crippen LogP contribution in [0.25, 0.3) is 22.0 Å². The summed E-state index contributed by atoms with van der Waals surface area (Å²) in [6.07, 6.45) is 4.11. The minimum Gasteiger partial charge on any atom is -0.475 e. The van der Waals surface area contributed by atoms with Crippen LogP contribution in [0.3, 0.4) is 0 Å². The number of likely N-dealkylation sites (tertiary alicyclic amines) is 1. The van der Waals surface area contributed by atoms with E-state index in [-0.39, 0.29) is 35.7 Å². The van der Waals surface area contributed by atoms with Gasteiger partial charge >= 0.3 is 0 Å². The summed E-state index contributed by atoms with van der Waals surface area (Å²) in [7, 11) is -1.92. The van der Waals surface area contributed by atoms with Crippen molar-refractivity contribution >= 4 is 38.2 Å². The normalized spacial score (nSPS) is 16.7. The molecule has 12 heteroatoms. The minimum absolute atomic E-state index is 0.0112. The number of nitrogens with zero attached hydrogens (tertiary/aromatic N) is 4. The lowest BCUT2D eigenvalue weighted by molar-refractivity contribution is -0.128.